The summed E-state index contributed by atoms with van der Waals surface area (Å²) in [5.74, 6) is 0. The van der Waals surface area contributed by atoms with Gasteiger partial charge in [-0.3, -0.25) is 0 Å². The molecule has 2 nitrogen and oxygen atoms in total. The maximum absolute atomic E-state index is 2.78. The molecular formula is C112H84N2. The molecule has 0 N–H and O–H groups in total. The van der Waals surface area contributed by atoms with Gasteiger partial charge >= 0.3 is 0 Å². The van der Waals surface area contributed by atoms with E-state index in [9.17, 15) is 0 Å². The van der Waals surface area contributed by atoms with Crippen LogP contribution < -0.4 is 9.80 Å². The van der Waals surface area contributed by atoms with Gasteiger partial charge in [-0.1, -0.05) is 348 Å². The Balaban J connectivity index is 0.874. The lowest BCUT2D eigenvalue weighted by molar-refractivity contribution is 0.0596. The first-order valence-electron chi connectivity index (χ1n) is 41.0. The molecule has 0 aliphatic heterocycles. The molecule has 0 heterocycles. The summed E-state index contributed by atoms with van der Waals surface area (Å²) in [5.41, 5.74) is 24.7. The van der Waals surface area contributed by atoms with Crippen molar-refractivity contribution in [1.29, 1.82) is 0 Å². The van der Waals surface area contributed by atoms with Crippen LogP contribution in [0.2, 0.25) is 0 Å². The first-order valence-corrected chi connectivity index (χ1v) is 41.0. The molecule has 0 bridgehead atoms. The monoisotopic (exact) mass is 1460 g/mol. The molecule has 20 aromatic rings. The fraction of sp³-hybridized carbons (Fsp3) is 0.143. The minimum absolute atomic E-state index is 0.269. The predicted octanol–water partition coefficient (Wildman–Crippen LogP) is 31.0. The van der Waals surface area contributed by atoms with Crippen LogP contribution in [-0.4, -0.2) is 0 Å². The standard InChI is InChI=1S/C112H84N2/c1-107(2,3)111(89-57-47-65-25-11-13-31-75(65)103(89)105-83-37-17-15-35-81(83)97(63-93(105)111)113(73-51-55-79-77-33-19-21-39-87(77)109(7,8)91(79)61-73)95-59-49-71-43-41-67-27-23-29-69-45-53-85(95)101(71)99(67)69)112(108(4,5)6)90-58-48-66-26-12-14-32-76(66)104(90)106-84-38-18-16-36-82(84)98(64-94(106)112)114(74-52-56-80-78-34-20-22-40-88(78)110(9,10)92(80)62-74)96-60-50-72-44-42-68-28-24-30-70-46-54-86(96)102(72)100(68)70/h11-64H,1-10H3. The normalized spacial score (nSPS) is 16.9. The first kappa shape index (κ1) is 65.8. The van der Waals surface area contributed by atoms with Gasteiger partial charge in [0, 0.05) is 54.6 Å². The number of rotatable bonds is 7. The highest BCUT2D eigenvalue weighted by Crippen LogP contribution is 2.78. The second-order valence-electron chi connectivity index (χ2n) is 36.5. The van der Waals surface area contributed by atoms with Crippen molar-refractivity contribution in [2.75, 3.05) is 9.80 Å². The molecule has 114 heavy (non-hydrogen) atoms. The van der Waals surface area contributed by atoms with Crippen molar-refractivity contribution in [2.45, 2.75) is 90.9 Å². The lowest BCUT2D eigenvalue weighted by atomic mass is 9.39. The average Bonchev–Trinajstić information content (AvgIpc) is 1.44. The van der Waals surface area contributed by atoms with E-state index in [1.54, 1.807) is 0 Å². The van der Waals surface area contributed by atoms with Gasteiger partial charge in [0.25, 0.3) is 0 Å². The third-order valence-electron chi connectivity index (χ3n) is 28.5. The maximum atomic E-state index is 2.78. The molecule has 24 rings (SSSR count). The van der Waals surface area contributed by atoms with Crippen molar-refractivity contribution < 1.29 is 0 Å². The maximum Gasteiger partial charge on any atom is 0.0543 e. The van der Waals surface area contributed by atoms with E-state index in [2.05, 4.69) is 407 Å². The number of anilines is 6. The zero-order valence-corrected chi connectivity index (χ0v) is 66.1. The SMILES string of the molecule is CC1(C)c2ccccc2-c2ccc(N(c3cc4c(c5ccccc35)-c3c(ccc5ccccc35)C4(C(C)(C)C)C3(C(C)(C)C)c4ccc5ccccc5c4-c4c3cc(N(c3ccc5c(c3)C(C)(C)c3ccccc3-5)c3ccc5ccc6cccc7ccc3c5c67)c3ccccc43)c3ccc4ccc5cccc6ccc3c4c56)cc21. The van der Waals surface area contributed by atoms with Crippen molar-refractivity contribution >= 4 is 142 Å². The Hall–Kier alpha value is -12.9. The summed E-state index contributed by atoms with van der Waals surface area (Å²) in [6.07, 6.45) is 0. The largest absolute Gasteiger partial charge is 0.309 e. The molecular weight excluding hydrogens is 1370 g/mol. The van der Waals surface area contributed by atoms with Crippen LogP contribution in [0.5, 0.6) is 0 Å². The van der Waals surface area contributed by atoms with Crippen LogP contribution in [0, 0.1) is 10.8 Å². The van der Waals surface area contributed by atoms with Gasteiger partial charge in [0.1, 0.15) is 0 Å². The lowest BCUT2D eigenvalue weighted by Gasteiger charge is -2.62. The van der Waals surface area contributed by atoms with Gasteiger partial charge in [0.2, 0.25) is 0 Å². The minimum Gasteiger partial charge on any atom is -0.309 e. The van der Waals surface area contributed by atoms with Crippen LogP contribution in [0.3, 0.4) is 0 Å². The fourth-order valence-corrected chi connectivity index (χ4v) is 24.1. The van der Waals surface area contributed by atoms with Crippen LogP contribution in [0.1, 0.15) is 114 Å². The second kappa shape index (κ2) is 22.5. The molecule has 2 heteroatoms. The summed E-state index contributed by atoms with van der Waals surface area (Å²) in [7, 11) is 0. The van der Waals surface area contributed by atoms with Gasteiger partial charge in [-0.15, -0.1) is 0 Å². The van der Waals surface area contributed by atoms with E-state index < -0.39 is 21.7 Å². The lowest BCUT2D eigenvalue weighted by Crippen LogP contribution is -2.62. The van der Waals surface area contributed by atoms with Crippen molar-refractivity contribution in [3.8, 4) is 44.5 Å². The van der Waals surface area contributed by atoms with Gasteiger partial charge in [-0.2, -0.15) is 0 Å². The molecule has 0 saturated carbocycles. The zero-order valence-electron chi connectivity index (χ0n) is 66.1. The zero-order chi connectivity index (χ0) is 76.6. The average molecular weight is 1460 g/mol. The Labute approximate surface area is 665 Å². The molecule has 0 saturated heterocycles. The van der Waals surface area contributed by atoms with Gasteiger partial charge in [-0.25, -0.2) is 0 Å². The predicted molar refractivity (Wildman–Crippen MR) is 486 cm³/mol. The van der Waals surface area contributed by atoms with Gasteiger partial charge < -0.3 is 9.80 Å². The van der Waals surface area contributed by atoms with E-state index in [1.807, 2.05) is 0 Å². The van der Waals surface area contributed by atoms with Crippen LogP contribution in [-0.2, 0) is 21.7 Å². The molecule has 20 aromatic carbocycles. The Morgan fingerprint density at radius 2 is 0.509 bits per heavy atom. The molecule has 0 radical (unpaired) electrons. The van der Waals surface area contributed by atoms with Gasteiger partial charge in [0.15, 0.2) is 0 Å². The van der Waals surface area contributed by atoms with E-state index >= 15 is 0 Å². The summed E-state index contributed by atoms with van der Waals surface area (Å²) >= 11 is 0. The van der Waals surface area contributed by atoms with Crippen molar-refractivity contribution in [3.63, 3.8) is 0 Å². The molecule has 4 aliphatic rings. The van der Waals surface area contributed by atoms with Gasteiger partial charge in [0.05, 0.1) is 22.7 Å². The number of hydrogen-bond acceptors (Lipinski definition) is 2. The van der Waals surface area contributed by atoms with E-state index in [-0.39, 0.29) is 10.8 Å². The highest BCUT2D eigenvalue weighted by Gasteiger charge is 2.71. The number of benzene rings is 20. The van der Waals surface area contributed by atoms with Crippen molar-refractivity contribution in [1.82, 2.24) is 0 Å². The summed E-state index contributed by atoms with van der Waals surface area (Å²) in [6, 6.07) is 129. The highest BCUT2D eigenvalue weighted by atomic mass is 15.2. The third-order valence-corrected chi connectivity index (χ3v) is 28.5. The molecule has 542 valence electrons. The van der Waals surface area contributed by atoms with Crippen LogP contribution in [0.4, 0.5) is 34.1 Å². The van der Waals surface area contributed by atoms with Crippen molar-refractivity contribution in [3.05, 3.63) is 372 Å². The number of hydrogen-bond donors (Lipinski definition) is 0. The number of fused-ring (bicyclic) bond motifs is 20. The Kier molecular flexibility index (Phi) is 13.0. The molecule has 0 spiro atoms. The minimum atomic E-state index is -0.884. The molecule has 4 aliphatic carbocycles. The quantitative estimate of drug-likeness (QED) is 0.147. The Morgan fingerprint density at radius 1 is 0.202 bits per heavy atom. The third kappa shape index (κ3) is 8.15. The molecule has 0 fully saturated rings. The van der Waals surface area contributed by atoms with E-state index in [1.165, 1.54) is 197 Å². The smallest absolute Gasteiger partial charge is 0.0543 e. The number of nitrogens with zero attached hydrogens (tertiary/aromatic N) is 2. The molecule has 2 atom stereocenters. The van der Waals surface area contributed by atoms with E-state index in [0.29, 0.717) is 0 Å². The van der Waals surface area contributed by atoms with E-state index in [4.69, 9.17) is 0 Å². The Morgan fingerprint density at radius 3 is 0.912 bits per heavy atom. The molecule has 2 unspecified atom stereocenters. The van der Waals surface area contributed by atoms with E-state index in [0.717, 1.165) is 34.1 Å². The fourth-order valence-electron chi connectivity index (χ4n) is 24.1. The summed E-state index contributed by atoms with van der Waals surface area (Å²) < 4.78 is 0. The second-order valence-corrected chi connectivity index (χ2v) is 36.5. The topological polar surface area (TPSA) is 6.48 Å². The highest BCUT2D eigenvalue weighted by molar-refractivity contribution is 6.29. The Bertz CT molecular complexity index is 7170. The molecule has 0 aromatic heterocycles. The molecule has 0 amide bonds. The summed E-state index contributed by atoms with van der Waals surface area (Å²) in [4.78, 5) is 5.43. The van der Waals surface area contributed by atoms with Crippen LogP contribution in [0.25, 0.3) is 152 Å². The van der Waals surface area contributed by atoms with Gasteiger partial charge in [-0.05, 0) is 235 Å². The van der Waals surface area contributed by atoms with Crippen molar-refractivity contribution in [2.24, 2.45) is 10.8 Å². The summed E-state index contributed by atoms with van der Waals surface area (Å²) in [5, 5.41) is 25.0. The van der Waals surface area contributed by atoms with Crippen LogP contribution in [0.15, 0.2) is 328 Å². The summed E-state index contributed by atoms with van der Waals surface area (Å²) in [6.45, 7) is 25.4. The first-order chi connectivity index (χ1) is 55.4. The van der Waals surface area contributed by atoms with Crippen LogP contribution >= 0.6 is 0 Å².